The number of fused-ring (bicyclic) bond motifs is 9. The molecule has 42 heavy (non-hydrogen) atoms. The van der Waals surface area contributed by atoms with E-state index >= 15 is 0 Å². The van der Waals surface area contributed by atoms with Crippen LogP contribution in [0.2, 0.25) is 0 Å². The Labute approximate surface area is 249 Å². The van der Waals surface area contributed by atoms with Crippen LogP contribution in [0.1, 0.15) is 87.7 Å². The average Bonchev–Trinajstić information content (AvgIpc) is 3.37. The van der Waals surface area contributed by atoms with Crippen molar-refractivity contribution in [3.05, 3.63) is 63.3 Å². The van der Waals surface area contributed by atoms with E-state index in [-0.39, 0.29) is 17.1 Å². The molecule has 4 fully saturated rings. The number of H-pyrrole nitrogens is 1. The van der Waals surface area contributed by atoms with Crippen LogP contribution in [0.25, 0.3) is 10.9 Å². The number of rotatable bonds is 4. The van der Waals surface area contributed by atoms with Crippen LogP contribution in [0.3, 0.4) is 0 Å². The van der Waals surface area contributed by atoms with E-state index in [4.69, 9.17) is 19.2 Å². The van der Waals surface area contributed by atoms with Gasteiger partial charge in [-0.3, -0.25) is 4.79 Å². The molecule has 7 nitrogen and oxygen atoms in total. The van der Waals surface area contributed by atoms with Crippen molar-refractivity contribution in [2.24, 2.45) is 11.3 Å². The molecule has 4 heterocycles. The fourth-order valence-electron chi connectivity index (χ4n) is 9.72. The fourth-order valence-corrected chi connectivity index (χ4v) is 10.5. The number of aliphatic hydroxyl groups is 1. The summed E-state index contributed by atoms with van der Waals surface area (Å²) in [6.45, 7) is 8.71. The zero-order valence-corrected chi connectivity index (χ0v) is 25.5. The van der Waals surface area contributed by atoms with E-state index in [1.807, 2.05) is 13.8 Å². The third-order valence-electron chi connectivity index (χ3n) is 12.2. The molecule has 1 unspecified atom stereocenters. The standard InChI is InChI=1S/C34H38N2O5S/c1-30(2)29-24(37)15-25-33(40-29,41-30)12-11-31(3)32(4)19(13-21-20-7-5-6-8-22(20)36-28(21)32)14-26(34(25,31)38)39-16-27-35-23(17-42-27)18-9-10-18/h5-8,15,17-19,26,29,36,38H,9-14,16H2,1-4H3/t19-,26+,29+,31-,32-,33?,34+/m1/s1. The number of hydrogen-bond donors (Lipinski definition) is 2. The van der Waals surface area contributed by atoms with Gasteiger partial charge in [0.2, 0.25) is 0 Å². The summed E-state index contributed by atoms with van der Waals surface area (Å²) in [6, 6.07) is 8.51. The Morgan fingerprint density at radius 2 is 1.98 bits per heavy atom. The van der Waals surface area contributed by atoms with Crippen molar-refractivity contribution in [2.75, 3.05) is 0 Å². The topological polar surface area (TPSA) is 93.7 Å². The monoisotopic (exact) mass is 586 g/mol. The molecule has 9 rings (SSSR count). The molecule has 1 aromatic carbocycles. The number of para-hydroxylation sites is 1. The van der Waals surface area contributed by atoms with Crippen LogP contribution in [0.15, 0.2) is 41.3 Å². The Hall–Kier alpha value is -2.36. The van der Waals surface area contributed by atoms with E-state index in [1.165, 1.54) is 29.5 Å². The second-order valence-electron chi connectivity index (χ2n) is 14.6. The molecule has 3 saturated carbocycles. The molecule has 8 heteroatoms. The summed E-state index contributed by atoms with van der Waals surface area (Å²) in [5.41, 5.74) is 2.08. The summed E-state index contributed by atoms with van der Waals surface area (Å²) >= 11 is 1.64. The Bertz CT molecular complexity index is 1700. The lowest BCUT2D eigenvalue weighted by Crippen LogP contribution is -2.74. The van der Waals surface area contributed by atoms with Crippen molar-refractivity contribution < 1.29 is 24.1 Å². The van der Waals surface area contributed by atoms with Crippen molar-refractivity contribution >= 4 is 28.0 Å². The Morgan fingerprint density at radius 3 is 2.79 bits per heavy atom. The summed E-state index contributed by atoms with van der Waals surface area (Å²) in [7, 11) is 0. The summed E-state index contributed by atoms with van der Waals surface area (Å²) < 4.78 is 20.0. The number of ether oxygens (including phenoxy) is 3. The van der Waals surface area contributed by atoms with Gasteiger partial charge in [-0.15, -0.1) is 11.3 Å². The zero-order valence-electron chi connectivity index (χ0n) is 24.7. The van der Waals surface area contributed by atoms with Gasteiger partial charge in [-0.25, -0.2) is 4.98 Å². The largest absolute Gasteiger partial charge is 0.382 e. The minimum atomic E-state index is -1.49. The van der Waals surface area contributed by atoms with Crippen molar-refractivity contribution in [2.45, 2.75) is 113 Å². The van der Waals surface area contributed by atoms with E-state index in [1.54, 1.807) is 17.4 Å². The lowest BCUT2D eigenvalue weighted by molar-refractivity contribution is -0.282. The van der Waals surface area contributed by atoms with Crippen LogP contribution in [-0.2, 0) is 37.4 Å². The first-order chi connectivity index (χ1) is 20.0. The molecular weight excluding hydrogens is 548 g/mol. The molecule has 7 atom stereocenters. The summed E-state index contributed by atoms with van der Waals surface area (Å²) in [5.74, 6) is -0.424. The van der Waals surface area contributed by atoms with E-state index < -0.39 is 34.6 Å². The molecule has 0 radical (unpaired) electrons. The van der Waals surface area contributed by atoms with Crippen molar-refractivity contribution in [3.8, 4) is 0 Å². The first-order valence-electron chi connectivity index (χ1n) is 15.5. The first-order valence-corrected chi connectivity index (χ1v) is 16.4. The third-order valence-corrected chi connectivity index (χ3v) is 13.1. The van der Waals surface area contributed by atoms with Gasteiger partial charge in [0.05, 0.1) is 18.4 Å². The van der Waals surface area contributed by atoms with Gasteiger partial charge in [0.1, 0.15) is 16.2 Å². The van der Waals surface area contributed by atoms with Crippen LogP contribution in [0, 0.1) is 11.3 Å². The number of aromatic nitrogens is 2. The minimum Gasteiger partial charge on any atom is -0.382 e. The Balaban J connectivity index is 1.19. The molecule has 2 bridgehead atoms. The number of benzene rings is 1. The number of carbonyl (C=O) groups is 1. The Morgan fingerprint density at radius 1 is 1.17 bits per heavy atom. The summed E-state index contributed by atoms with van der Waals surface area (Å²) in [5, 5.41) is 17.8. The maximum absolute atomic E-state index is 13.6. The molecular formula is C34H38N2O5S. The number of thiazole rings is 1. The van der Waals surface area contributed by atoms with Crippen molar-refractivity contribution in [1.82, 2.24) is 9.97 Å². The van der Waals surface area contributed by atoms with Gasteiger partial charge >= 0.3 is 0 Å². The normalized spacial score (nSPS) is 41.3. The molecule has 2 aliphatic heterocycles. The second-order valence-corrected chi connectivity index (χ2v) is 15.6. The predicted octanol–water partition coefficient (Wildman–Crippen LogP) is 5.85. The number of nitrogens with one attached hydrogen (secondary N) is 1. The Kier molecular flexibility index (Phi) is 4.98. The highest BCUT2D eigenvalue weighted by molar-refractivity contribution is 7.09. The van der Waals surface area contributed by atoms with Crippen molar-refractivity contribution in [3.63, 3.8) is 0 Å². The number of hydrogen-bond acceptors (Lipinski definition) is 7. The highest BCUT2D eigenvalue weighted by Gasteiger charge is 2.78. The third kappa shape index (κ3) is 3.01. The van der Waals surface area contributed by atoms with Crippen LogP contribution < -0.4 is 0 Å². The highest BCUT2D eigenvalue weighted by atomic mass is 32.1. The van der Waals surface area contributed by atoms with Gasteiger partial charge in [0, 0.05) is 50.7 Å². The van der Waals surface area contributed by atoms with Gasteiger partial charge in [0.25, 0.3) is 0 Å². The maximum Gasteiger partial charge on any atom is 0.195 e. The summed E-state index contributed by atoms with van der Waals surface area (Å²) in [4.78, 5) is 22.3. The van der Waals surface area contributed by atoms with E-state index in [0.29, 0.717) is 37.4 Å². The summed E-state index contributed by atoms with van der Waals surface area (Å²) in [6.07, 6.45) is 5.69. The van der Waals surface area contributed by atoms with E-state index in [2.05, 4.69) is 48.5 Å². The highest BCUT2D eigenvalue weighted by Crippen LogP contribution is 2.72. The minimum absolute atomic E-state index is 0.140. The molecule has 2 aromatic heterocycles. The lowest BCUT2D eigenvalue weighted by Gasteiger charge is -2.67. The zero-order chi connectivity index (χ0) is 28.9. The van der Waals surface area contributed by atoms with Crippen LogP contribution in [-0.4, -0.2) is 50.1 Å². The van der Waals surface area contributed by atoms with E-state index in [9.17, 15) is 9.90 Å². The van der Waals surface area contributed by atoms with Gasteiger partial charge in [-0.1, -0.05) is 32.0 Å². The van der Waals surface area contributed by atoms with Gasteiger partial charge in [0.15, 0.2) is 17.7 Å². The molecule has 1 spiro atoms. The molecule has 6 aliphatic rings. The smallest absolute Gasteiger partial charge is 0.195 e. The SMILES string of the molecule is CC1(C)OC23CC[C@]4(C)[C@@]5(C)c6[nH]c7ccccc7c6C[C@@H]5C[C@H](OCc5nc(C6CC6)cs5)[C@@]4(O)C2=CC(=O)[C@@H]1O3. The fraction of sp³-hybridized carbons (Fsp3) is 0.588. The quantitative estimate of drug-likeness (QED) is 0.398. The number of nitrogens with zero attached hydrogens (tertiary/aromatic N) is 1. The van der Waals surface area contributed by atoms with Crippen LogP contribution in [0.4, 0.5) is 0 Å². The van der Waals surface area contributed by atoms with E-state index in [0.717, 1.165) is 22.6 Å². The van der Waals surface area contributed by atoms with Crippen molar-refractivity contribution in [1.29, 1.82) is 0 Å². The number of aromatic amines is 1. The lowest BCUT2D eigenvalue weighted by atomic mass is 9.41. The average molecular weight is 587 g/mol. The number of carbonyl (C=O) groups excluding carboxylic acids is 1. The molecule has 1 saturated heterocycles. The van der Waals surface area contributed by atoms with Crippen LogP contribution in [0.5, 0.6) is 0 Å². The molecule has 3 aromatic rings. The van der Waals surface area contributed by atoms with Gasteiger partial charge < -0.3 is 24.3 Å². The molecule has 0 amide bonds. The molecule has 2 N–H and O–H groups in total. The maximum atomic E-state index is 13.6. The molecule has 4 aliphatic carbocycles. The first kappa shape index (κ1) is 26.1. The second kappa shape index (κ2) is 8.02. The van der Waals surface area contributed by atoms with Gasteiger partial charge in [-0.05, 0) is 69.6 Å². The van der Waals surface area contributed by atoms with Crippen LogP contribution >= 0.6 is 11.3 Å². The number of ketones is 1. The predicted molar refractivity (Wildman–Crippen MR) is 158 cm³/mol. The van der Waals surface area contributed by atoms with Gasteiger partial charge in [-0.2, -0.15) is 0 Å². The molecule has 220 valence electrons.